The van der Waals surface area contributed by atoms with Crippen LogP contribution in [0.1, 0.15) is 39.6 Å². The molecule has 0 radical (unpaired) electrons. The van der Waals surface area contributed by atoms with Gasteiger partial charge in [-0.15, -0.1) is 0 Å². The number of benzene rings is 1. The van der Waals surface area contributed by atoms with Crippen molar-refractivity contribution < 1.29 is 19.1 Å². The van der Waals surface area contributed by atoms with Gasteiger partial charge in [0.2, 0.25) is 5.91 Å². The minimum Gasteiger partial charge on any atom is -0.486 e. The molecule has 3 heterocycles. The molecule has 0 unspecified atom stereocenters. The molecule has 0 saturated heterocycles. The Bertz CT molecular complexity index is 1290. The number of methoxy groups -OCH3 is 1. The van der Waals surface area contributed by atoms with Crippen LogP contribution >= 0.6 is 0 Å². The Morgan fingerprint density at radius 3 is 2.60 bits per heavy atom. The maximum Gasteiger partial charge on any atom is 0.343 e. The van der Waals surface area contributed by atoms with Crippen molar-refractivity contribution in [2.75, 3.05) is 20.2 Å². The summed E-state index contributed by atoms with van der Waals surface area (Å²) in [4.78, 5) is 45.0. The van der Waals surface area contributed by atoms with Crippen molar-refractivity contribution in [2.24, 2.45) is 5.92 Å². The minimum atomic E-state index is -0.573. The molecule has 0 spiro atoms. The molecule has 3 aromatic rings. The van der Waals surface area contributed by atoms with Crippen molar-refractivity contribution >= 4 is 11.9 Å². The summed E-state index contributed by atoms with van der Waals surface area (Å²) in [6, 6.07) is 16.8. The number of ether oxygens (including phenoxy) is 2. The van der Waals surface area contributed by atoms with Crippen molar-refractivity contribution in [1.82, 2.24) is 14.5 Å². The number of amides is 1. The highest BCUT2D eigenvalue weighted by atomic mass is 16.5. The van der Waals surface area contributed by atoms with Crippen LogP contribution in [0, 0.1) is 5.92 Å². The van der Waals surface area contributed by atoms with E-state index < -0.39 is 5.97 Å². The molecule has 2 aromatic heterocycles. The summed E-state index contributed by atoms with van der Waals surface area (Å²) >= 11 is 0. The number of hydrogen-bond donors (Lipinski definition) is 0. The molecule has 0 bridgehead atoms. The van der Waals surface area contributed by atoms with Gasteiger partial charge in [-0.05, 0) is 30.0 Å². The molecule has 2 atom stereocenters. The van der Waals surface area contributed by atoms with Crippen molar-refractivity contribution in [3.8, 4) is 5.75 Å². The highest BCUT2D eigenvalue weighted by molar-refractivity contribution is 5.93. The monoisotopic (exact) mass is 473 g/mol. The van der Waals surface area contributed by atoms with Crippen LogP contribution in [0.4, 0.5) is 0 Å². The first-order valence-electron chi connectivity index (χ1n) is 11.8. The van der Waals surface area contributed by atoms with E-state index in [0.717, 1.165) is 6.42 Å². The number of nitrogens with zero attached hydrogens (tertiary/aromatic N) is 3. The zero-order valence-electron chi connectivity index (χ0n) is 19.6. The van der Waals surface area contributed by atoms with Gasteiger partial charge >= 0.3 is 5.97 Å². The van der Waals surface area contributed by atoms with Gasteiger partial charge < -0.3 is 18.9 Å². The number of rotatable bonds is 6. The Balaban J connectivity index is 1.37. The second-order valence-corrected chi connectivity index (χ2v) is 8.86. The van der Waals surface area contributed by atoms with Crippen LogP contribution < -0.4 is 10.3 Å². The zero-order valence-corrected chi connectivity index (χ0v) is 19.6. The largest absolute Gasteiger partial charge is 0.486 e. The predicted octanol–water partition coefficient (Wildman–Crippen LogP) is 2.80. The van der Waals surface area contributed by atoms with Gasteiger partial charge in [0.05, 0.1) is 12.8 Å². The Hall–Kier alpha value is -3.94. The summed E-state index contributed by atoms with van der Waals surface area (Å²) in [7, 11) is 1.30. The number of hydrogen-bond acceptors (Lipinski definition) is 6. The quantitative estimate of drug-likeness (QED) is 0.512. The van der Waals surface area contributed by atoms with E-state index in [0.29, 0.717) is 37.4 Å². The van der Waals surface area contributed by atoms with Crippen LogP contribution in [0.2, 0.25) is 0 Å². The van der Waals surface area contributed by atoms with Crippen LogP contribution in [0.5, 0.6) is 5.75 Å². The average molecular weight is 474 g/mol. The summed E-state index contributed by atoms with van der Waals surface area (Å²) in [5.74, 6) is -0.0892. The van der Waals surface area contributed by atoms with Crippen molar-refractivity contribution in [2.45, 2.75) is 31.9 Å². The molecular weight excluding hydrogens is 446 g/mol. The molecule has 8 nitrogen and oxygen atoms in total. The molecule has 2 aliphatic rings. The van der Waals surface area contributed by atoms with Gasteiger partial charge in [-0.25, -0.2) is 4.79 Å². The van der Waals surface area contributed by atoms with E-state index in [1.807, 2.05) is 29.2 Å². The number of aromatic nitrogens is 2. The van der Waals surface area contributed by atoms with Crippen molar-refractivity contribution in [1.29, 1.82) is 0 Å². The van der Waals surface area contributed by atoms with Crippen molar-refractivity contribution in [3.05, 3.63) is 93.7 Å². The summed E-state index contributed by atoms with van der Waals surface area (Å²) < 4.78 is 12.5. The highest BCUT2D eigenvalue weighted by Crippen LogP contribution is 2.48. The van der Waals surface area contributed by atoms with Crippen LogP contribution in [0.3, 0.4) is 0 Å². The van der Waals surface area contributed by atoms with Gasteiger partial charge in [0, 0.05) is 49.9 Å². The maximum absolute atomic E-state index is 13.2. The van der Waals surface area contributed by atoms with E-state index >= 15 is 0 Å². The number of pyridine rings is 2. The van der Waals surface area contributed by atoms with Gasteiger partial charge in [0.15, 0.2) is 0 Å². The highest BCUT2D eigenvalue weighted by Gasteiger charge is 2.45. The van der Waals surface area contributed by atoms with Crippen LogP contribution in [0.15, 0.2) is 65.6 Å². The second kappa shape index (κ2) is 9.74. The van der Waals surface area contributed by atoms with Crippen LogP contribution in [-0.2, 0) is 29.1 Å². The average Bonchev–Trinajstić information content (AvgIpc) is 3.72. The lowest BCUT2D eigenvalue weighted by Gasteiger charge is -2.20. The third-order valence-corrected chi connectivity index (χ3v) is 6.73. The molecule has 1 fully saturated rings. The number of esters is 1. The molecule has 0 N–H and O–H groups in total. The number of fused-ring (bicyclic) bond motifs is 1. The Morgan fingerprint density at radius 2 is 1.86 bits per heavy atom. The zero-order chi connectivity index (χ0) is 24.4. The summed E-state index contributed by atoms with van der Waals surface area (Å²) in [5.41, 5.74) is 2.35. The first-order chi connectivity index (χ1) is 17.1. The Morgan fingerprint density at radius 1 is 1.06 bits per heavy atom. The lowest BCUT2D eigenvalue weighted by molar-refractivity contribution is -0.132. The van der Waals surface area contributed by atoms with Gasteiger partial charge in [0.1, 0.15) is 17.9 Å². The van der Waals surface area contributed by atoms with Crippen molar-refractivity contribution in [3.63, 3.8) is 0 Å². The number of carbonyl (C=O) groups excluding carboxylic acids is 2. The third-order valence-electron chi connectivity index (χ3n) is 6.73. The lowest BCUT2D eigenvalue weighted by atomic mass is 10.1. The van der Waals surface area contributed by atoms with Gasteiger partial charge in [0.25, 0.3) is 5.56 Å². The third kappa shape index (κ3) is 4.69. The van der Waals surface area contributed by atoms with Crippen LogP contribution in [0.25, 0.3) is 0 Å². The molecule has 1 amide bonds. The second-order valence-electron chi connectivity index (χ2n) is 8.86. The summed E-state index contributed by atoms with van der Waals surface area (Å²) in [5, 5.41) is 0. The first-order valence-corrected chi connectivity index (χ1v) is 11.8. The smallest absolute Gasteiger partial charge is 0.343 e. The standard InChI is InChI=1S/C27H27N3O5/c1-34-27(33)25-22-10-12-29(26(32)21-15-20(21)18-7-3-2-4-8-18)13-14-30(22)24(31)16-23(25)35-17-19-9-5-6-11-28-19/h2-9,11,16,20-21H,10,12-15,17H2,1H3/t20-,21+/m0/s1. The predicted molar refractivity (Wildman–Crippen MR) is 128 cm³/mol. The molecule has 8 heteroatoms. The summed E-state index contributed by atoms with van der Waals surface area (Å²) in [6.45, 7) is 1.26. The molecule has 180 valence electrons. The fourth-order valence-electron chi connectivity index (χ4n) is 4.81. The van der Waals surface area contributed by atoms with E-state index in [1.165, 1.54) is 18.7 Å². The lowest BCUT2D eigenvalue weighted by Crippen LogP contribution is -2.35. The molecule has 1 aliphatic heterocycles. The SMILES string of the molecule is COC(=O)c1c(OCc2ccccn2)cc(=O)n2c1CCN(C(=O)[C@@H]1C[C@H]1c1ccccc1)CC2. The van der Waals surface area contributed by atoms with Crippen LogP contribution in [-0.4, -0.2) is 46.5 Å². The minimum absolute atomic E-state index is 0.0346. The fourth-order valence-corrected chi connectivity index (χ4v) is 4.81. The summed E-state index contributed by atoms with van der Waals surface area (Å²) in [6.07, 6.45) is 2.85. The molecule has 35 heavy (non-hydrogen) atoms. The normalized spacial score (nSPS) is 18.8. The molecule has 5 rings (SSSR count). The Labute approximate surface area is 203 Å². The van der Waals surface area contributed by atoms with E-state index in [4.69, 9.17) is 9.47 Å². The van der Waals surface area contributed by atoms with Gasteiger partial charge in [-0.2, -0.15) is 0 Å². The molecular formula is C27H27N3O5. The molecule has 1 aromatic carbocycles. The maximum atomic E-state index is 13.2. The topological polar surface area (TPSA) is 90.7 Å². The van der Waals surface area contributed by atoms with E-state index in [2.05, 4.69) is 17.1 Å². The fraction of sp³-hybridized carbons (Fsp3) is 0.333. The van der Waals surface area contributed by atoms with E-state index in [-0.39, 0.29) is 41.2 Å². The molecule has 1 saturated carbocycles. The van der Waals surface area contributed by atoms with Gasteiger partial charge in [-0.1, -0.05) is 36.4 Å². The Kier molecular flexibility index (Phi) is 6.35. The van der Waals surface area contributed by atoms with Gasteiger partial charge in [-0.3, -0.25) is 14.6 Å². The van der Waals surface area contributed by atoms with E-state index in [1.54, 1.807) is 22.9 Å². The molecule has 1 aliphatic carbocycles. The van der Waals surface area contributed by atoms with E-state index in [9.17, 15) is 14.4 Å². The first kappa shape index (κ1) is 22.8. The number of carbonyl (C=O) groups is 2.